The fourth-order valence-corrected chi connectivity index (χ4v) is 1.99. The maximum atomic E-state index is 11.1. The Kier molecular flexibility index (Phi) is 2.16. The van der Waals surface area contributed by atoms with E-state index in [0.29, 0.717) is 28.8 Å². The van der Waals surface area contributed by atoms with E-state index in [1.165, 1.54) is 0 Å². The van der Waals surface area contributed by atoms with E-state index in [-0.39, 0.29) is 0 Å². The molecule has 2 heterocycles. The van der Waals surface area contributed by atoms with Gasteiger partial charge in [-0.15, -0.1) is 0 Å². The normalized spacial score (nSPS) is 10.9. The average Bonchev–Trinajstić information content (AvgIpc) is 2.89. The quantitative estimate of drug-likeness (QED) is 0.688. The maximum absolute atomic E-state index is 11.1. The zero-order valence-corrected chi connectivity index (χ0v) is 9.51. The van der Waals surface area contributed by atoms with E-state index < -0.39 is 5.76 Å². The van der Waals surface area contributed by atoms with Crippen molar-refractivity contribution in [3.63, 3.8) is 0 Å². The van der Waals surface area contributed by atoms with Crippen LogP contribution in [0.25, 0.3) is 22.4 Å². The van der Waals surface area contributed by atoms with Crippen LogP contribution in [0.5, 0.6) is 0 Å². The average molecular weight is 243 g/mol. The van der Waals surface area contributed by atoms with Crippen molar-refractivity contribution in [3.8, 4) is 11.3 Å². The highest BCUT2D eigenvalue weighted by atomic mass is 16.4. The molecule has 0 unspecified atom stereocenters. The Labute approximate surface area is 101 Å². The molecule has 0 saturated carbocycles. The SMILES string of the molecule is Cn1cnc(C=O)c1-c1ccc2oc(=O)[nH]c2c1. The van der Waals surface area contributed by atoms with Crippen LogP contribution in [0.1, 0.15) is 10.5 Å². The van der Waals surface area contributed by atoms with Gasteiger partial charge in [0.25, 0.3) is 0 Å². The van der Waals surface area contributed by atoms with Gasteiger partial charge in [0.05, 0.1) is 17.5 Å². The third kappa shape index (κ3) is 1.46. The first-order chi connectivity index (χ1) is 8.69. The van der Waals surface area contributed by atoms with Gasteiger partial charge < -0.3 is 8.98 Å². The summed E-state index contributed by atoms with van der Waals surface area (Å²) in [6.07, 6.45) is 2.28. The van der Waals surface area contributed by atoms with E-state index in [4.69, 9.17) is 4.42 Å². The Morgan fingerprint density at radius 1 is 1.44 bits per heavy atom. The fraction of sp³-hybridized carbons (Fsp3) is 0.0833. The molecule has 3 aromatic rings. The van der Waals surface area contributed by atoms with Crippen molar-refractivity contribution >= 4 is 17.4 Å². The van der Waals surface area contributed by atoms with Crippen LogP contribution < -0.4 is 5.76 Å². The van der Waals surface area contributed by atoms with Crippen LogP contribution in [0.3, 0.4) is 0 Å². The number of carbonyl (C=O) groups excluding carboxylic acids is 1. The van der Waals surface area contributed by atoms with E-state index in [1.54, 1.807) is 36.1 Å². The molecule has 1 N–H and O–H groups in total. The number of fused-ring (bicyclic) bond motifs is 1. The predicted octanol–water partition coefficient (Wildman–Crippen LogP) is 1.33. The number of rotatable bonds is 2. The van der Waals surface area contributed by atoms with Crippen molar-refractivity contribution < 1.29 is 9.21 Å². The van der Waals surface area contributed by atoms with Crippen LogP contribution >= 0.6 is 0 Å². The van der Waals surface area contributed by atoms with Crippen LogP contribution in [0.2, 0.25) is 0 Å². The zero-order chi connectivity index (χ0) is 12.7. The standard InChI is InChI=1S/C12H9N3O3/c1-15-6-13-9(5-16)11(15)7-2-3-10-8(4-7)14-12(17)18-10/h2-6H,1H3,(H,14,17). The van der Waals surface area contributed by atoms with Crippen molar-refractivity contribution in [2.24, 2.45) is 7.05 Å². The molecule has 0 aliphatic rings. The molecule has 6 nitrogen and oxygen atoms in total. The highest BCUT2D eigenvalue weighted by molar-refractivity contribution is 5.87. The second-order valence-corrected chi connectivity index (χ2v) is 3.93. The summed E-state index contributed by atoms with van der Waals surface area (Å²) in [5.74, 6) is -0.497. The van der Waals surface area contributed by atoms with Crippen LogP contribution in [0, 0.1) is 0 Å². The molecule has 6 heteroatoms. The number of benzene rings is 1. The lowest BCUT2D eigenvalue weighted by atomic mass is 10.1. The molecular weight excluding hydrogens is 234 g/mol. The number of hydrogen-bond acceptors (Lipinski definition) is 4. The molecule has 0 amide bonds. The summed E-state index contributed by atoms with van der Waals surface area (Å²) in [6.45, 7) is 0. The van der Waals surface area contributed by atoms with E-state index in [9.17, 15) is 9.59 Å². The lowest BCUT2D eigenvalue weighted by Gasteiger charge is -2.03. The molecule has 0 aliphatic heterocycles. The second kappa shape index (κ2) is 3.69. The van der Waals surface area contributed by atoms with Gasteiger partial charge in [-0.2, -0.15) is 0 Å². The number of aromatic amines is 1. The van der Waals surface area contributed by atoms with Crippen molar-refractivity contribution in [3.05, 3.63) is 40.8 Å². The van der Waals surface area contributed by atoms with Gasteiger partial charge in [0.2, 0.25) is 0 Å². The van der Waals surface area contributed by atoms with Crippen LogP contribution in [0.15, 0.2) is 33.7 Å². The maximum Gasteiger partial charge on any atom is 0.417 e. The second-order valence-electron chi connectivity index (χ2n) is 3.93. The molecule has 90 valence electrons. The number of nitrogens with one attached hydrogen (secondary N) is 1. The number of carbonyl (C=O) groups is 1. The van der Waals surface area contributed by atoms with E-state index in [0.717, 1.165) is 5.56 Å². The molecule has 0 bridgehead atoms. The number of oxazole rings is 1. The molecule has 2 aromatic heterocycles. The summed E-state index contributed by atoms with van der Waals surface area (Å²) in [4.78, 5) is 28.6. The highest BCUT2D eigenvalue weighted by Crippen LogP contribution is 2.24. The molecule has 0 fully saturated rings. The Morgan fingerprint density at radius 3 is 3.06 bits per heavy atom. The molecule has 0 atom stereocenters. The first-order valence-electron chi connectivity index (χ1n) is 5.29. The first-order valence-corrected chi connectivity index (χ1v) is 5.29. The number of aryl methyl sites for hydroxylation is 1. The van der Waals surface area contributed by atoms with Gasteiger partial charge in [0.15, 0.2) is 11.9 Å². The molecule has 18 heavy (non-hydrogen) atoms. The first kappa shape index (κ1) is 10.5. The lowest BCUT2D eigenvalue weighted by Crippen LogP contribution is -1.94. The fourth-order valence-electron chi connectivity index (χ4n) is 1.99. The highest BCUT2D eigenvalue weighted by Gasteiger charge is 2.12. The minimum atomic E-state index is -0.497. The Hall–Kier alpha value is -2.63. The number of imidazole rings is 1. The topological polar surface area (TPSA) is 80.9 Å². The molecule has 0 spiro atoms. The summed E-state index contributed by atoms with van der Waals surface area (Å²) in [6, 6.07) is 5.22. The van der Waals surface area contributed by atoms with Gasteiger partial charge in [-0.05, 0) is 18.2 Å². The lowest BCUT2D eigenvalue weighted by molar-refractivity contribution is 0.112. The third-order valence-electron chi connectivity index (χ3n) is 2.77. The number of nitrogens with zero attached hydrogens (tertiary/aromatic N) is 2. The smallest absolute Gasteiger partial charge is 0.408 e. The third-order valence-corrected chi connectivity index (χ3v) is 2.77. The van der Waals surface area contributed by atoms with Crippen molar-refractivity contribution in [1.29, 1.82) is 0 Å². The molecule has 1 aromatic carbocycles. The van der Waals surface area contributed by atoms with Gasteiger partial charge in [0.1, 0.15) is 5.69 Å². The van der Waals surface area contributed by atoms with Crippen molar-refractivity contribution in [1.82, 2.24) is 14.5 Å². The van der Waals surface area contributed by atoms with E-state index in [2.05, 4.69) is 9.97 Å². The summed E-state index contributed by atoms with van der Waals surface area (Å²) in [5.41, 5.74) is 2.94. The van der Waals surface area contributed by atoms with E-state index in [1.807, 2.05) is 0 Å². The monoisotopic (exact) mass is 243 g/mol. The Balaban J connectivity index is 2.27. The molecule has 0 aliphatic carbocycles. The molecule has 0 radical (unpaired) electrons. The number of aromatic nitrogens is 3. The van der Waals surface area contributed by atoms with Gasteiger partial charge >= 0.3 is 5.76 Å². The van der Waals surface area contributed by atoms with Gasteiger partial charge in [-0.3, -0.25) is 9.78 Å². The summed E-state index contributed by atoms with van der Waals surface area (Å²) >= 11 is 0. The minimum absolute atomic E-state index is 0.364. The number of hydrogen-bond donors (Lipinski definition) is 1. The Bertz CT molecular complexity index is 794. The van der Waals surface area contributed by atoms with Crippen molar-refractivity contribution in [2.75, 3.05) is 0 Å². The largest absolute Gasteiger partial charge is 0.417 e. The summed E-state index contributed by atoms with van der Waals surface area (Å²) in [5, 5.41) is 0. The predicted molar refractivity (Wildman–Crippen MR) is 64.4 cm³/mol. The van der Waals surface area contributed by atoms with Gasteiger partial charge in [-0.1, -0.05) is 0 Å². The Morgan fingerprint density at radius 2 is 2.28 bits per heavy atom. The summed E-state index contributed by atoms with van der Waals surface area (Å²) < 4.78 is 6.68. The van der Waals surface area contributed by atoms with Gasteiger partial charge in [-0.25, -0.2) is 9.78 Å². The minimum Gasteiger partial charge on any atom is -0.408 e. The van der Waals surface area contributed by atoms with Gasteiger partial charge in [0, 0.05) is 12.6 Å². The van der Waals surface area contributed by atoms with Crippen LogP contribution in [-0.4, -0.2) is 20.8 Å². The zero-order valence-electron chi connectivity index (χ0n) is 9.51. The molecular formula is C12H9N3O3. The number of H-pyrrole nitrogens is 1. The van der Waals surface area contributed by atoms with Crippen molar-refractivity contribution in [2.45, 2.75) is 0 Å². The summed E-state index contributed by atoms with van der Waals surface area (Å²) in [7, 11) is 1.80. The van der Waals surface area contributed by atoms with E-state index >= 15 is 0 Å². The van der Waals surface area contributed by atoms with Crippen LogP contribution in [-0.2, 0) is 7.05 Å². The number of aldehydes is 1. The van der Waals surface area contributed by atoms with Crippen LogP contribution in [0.4, 0.5) is 0 Å². The molecule has 0 saturated heterocycles. The molecule has 3 rings (SSSR count).